The summed E-state index contributed by atoms with van der Waals surface area (Å²) >= 11 is 1.67. The van der Waals surface area contributed by atoms with E-state index in [9.17, 15) is 5.11 Å². The molecule has 0 radical (unpaired) electrons. The van der Waals surface area contributed by atoms with Crippen molar-refractivity contribution in [2.45, 2.75) is 31.8 Å². The van der Waals surface area contributed by atoms with E-state index in [0.717, 1.165) is 35.4 Å². The van der Waals surface area contributed by atoms with Gasteiger partial charge in [0.25, 0.3) is 0 Å². The van der Waals surface area contributed by atoms with Crippen LogP contribution in [0.25, 0.3) is 0 Å². The van der Waals surface area contributed by atoms with Crippen molar-refractivity contribution in [3.63, 3.8) is 0 Å². The number of methoxy groups -OCH3 is 1. The second kappa shape index (κ2) is 5.15. The summed E-state index contributed by atoms with van der Waals surface area (Å²) in [5.74, 6) is 1.25. The van der Waals surface area contributed by atoms with Crippen molar-refractivity contribution in [1.29, 1.82) is 0 Å². The van der Waals surface area contributed by atoms with E-state index in [4.69, 9.17) is 9.72 Å². The predicted octanol–water partition coefficient (Wildman–Crippen LogP) is 1.99. The number of aliphatic hydroxyl groups is 1. The van der Waals surface area contributed by atoms with Crippen LogP contribution in [0.3, 0.4) is 0 Å². The highest BCUT2D eigenvalue weighted by molar-refractivity contribution is 7.15. The van der Waals surface area contributed by atoms with E-state index in [0.29, 0.717) is 11.8 Å². The summed E-state index contributed by atoms with van der Waals surface area (Å²) < 4.78 is 5.22. The van der Waals surface area contributed by atoms with Gasteiger partial charge in [-0.25, -0.2) is 4.98 Å². The van der Waals surface area contributed by atoms with Gasteiger partial charge in [-0.15, -0.1) is 0 Å². The molecule has 0 bridgehead atoms. The van der Waals surface area contributed by atoms with E-state index >= 15 is 0 Å². The van der Waals surface area contributed by atoms with Gasteiger partial charge in [-0.3, -0.25) is 0 Å². The molecule has 1 unspecified atom stereocenters. The second-order valence-electron chi connectivity index (χ2n) is 5.29. The third kappa shape index (κ3) is 2.39. The van der Waals surface area contributed by atoms with E-state index in [1.807, 2.05) is 0 Å². The van der Waals surface area contributed by atoms with Crippen molar-refractivity contribution in [2.75, 3.05) is 31.7 Å². The Balaban J connectivity index is 1.72. The van der Waals surface area contributed by atoms with E-state index in [1.54, 1.807) is 18.4 Å². The zero-order valence-corrected chi connectivity index (χ0v) is 11.6. The average molecular weight is 268 g/mol. The number of ether oxygens (including phenoxy) is 1. The smallest absolute Gasteiger partial charge is 0.185 e. The highest BCUT2D eigenvalue weighted by Gasteiger charge is 2.31. The van der Waals surface area contributed by atoms with Crippen LogP contribution in [0, 0.1) is 5.92 Å². The topological polar surface area (TPSA) is 45.6 Å². The summed E-state index contributed by atoms with van der Waals surface area (Å²) in [7, 11) is 1.76. The van der Waals surface area contributed by atoms with Gasteiger partial charge in [0, 0.05) is 32.0 Å². The molecule has 100 valence electrons. The molecular formula is C13H20N2O2S. The SMILES string of the molecule is COCC1CCN(c2nc(C3CC3)c(CO)s2)C1. The lowest BCUT2D eigenvalue weighted by molar-refractivity contribution is 0.161. The molecule has 1 aromatic rings. The molecule has 1 saturated heterocycles. The quantitative estimate of drug-likeness (QED) is 0.887. The zero-order chi connectivity index (χ0) is 12.5. The van der Waals surface area contributed by atoms with Gasteiger partial charge >= 0.3 is 0 Å². The minimum atomic E-state index is 0.138. The summed E-state index contributed by atoms with van der Waals surface area (Å²) in [6, 6.07) is 0. The number of nitrogens with zero attached hydrogens (tertiary/aromatic N) is 2. The van der Waals surface area contributed by atoms with Gasteiger partial charge in [0.1, 0.15) is 0 Å². The molecule has 1 aliphatic heterocycles. The molecule has 4 nitrogen and oxygen atoms in total. The van der Waals surface area contributed by atoms with Crippen molar-refractivity contribution >= 4 is 16.5 Å². The van der Waals surface area contributed by atoms with E-state index < -0.39 is 0 Å². The van der Waals surface area contributed by atoms with Crippen molar-refractivity contribution in [3.05, 3.63) is 10.6 Å². The summed E-state index contributed by atoms with van der Waals surface area (Å²) in [6.07, 6.45) is 3.66. The Kier molecular flexibility index (Phi) is 3.54. The normalized spacial score (nSPS) is 23.9. The molecule has 2 heterocycles. The van der Waals surface area contributed by atoms with Gasteiger partial charge in [0.15, 0.2) is 5.13 Å². The van der Waals surface area contributed by atoms with Gasteiger partial charge in [0.05, 0.1) is 23.8 Å². The Labute approximate surface area is 112 Å². The summed E-state index contributed by atoms with van der Waals surface area (Å²) in [6.45, 7) is 3.08. The minimum Gasteiger partial charge on any atom is -0.391 e. The fourth-order valence-corrected chi connectivity index (χ4v) is 3.69. The van der Waals surface area contributed by atoms with Crippen LogP contribution in [0.5, 0.6) is 0 Å². The molecule has 0 aromatic carbocycles. The maximum atomic E-state index is 9.42. The minimum absolute atomic E-state index is 0.138. The van der Waals surface area contributed by atoms with Crippen LogP contribution in [-0.2, 0) is 11.3 Å². The molecule has 1 aromatic heterocycles. The number of hydrogen-bond acceptors (Lipinski definition) is 5. The Hall–Kier alpha value is -0.650. The average Bonchev–Trinajstić information content (AvgIpc) is 2.96. The van der Waals surface area contributed by atoms with Gasteiger partial charge in [0.2, 0.25) is 0 Å². The van der Waals surface area contributed by atoms with Crippen molar-refractivity contribution in [3.8, 4) is 0 Å². The van der Waals surface area contributed by atoms with Crippen molar-refractivity contribution < 1.29 is 9.84 Å². The van der Waals surface area contributed by atoms with Crippen LogP contribution >= 0.6 is 11.3 Å². The summed E-state index contributed by atoms with van der Waals surface area (Å²) in [4.78, 5) is 8.18. The molecule has 2 fully saturated rings. The molecule has 1 saturated carbocycles. The molecule has 0 amide bonds. The molecule has 1 aliphatic carbocycles. The zero-order valence-electron chi connectivity index (χ0n) is 10.8. The van der Waals surface area contributed by atoms with Crippen LogP contribution in [0.4, 0.5) is 5.13 Å². The Morgan fingerprint density at radius 2 is 2.28 bits per heavy atom. The van der Waals surface area contributed by atoms with Crippen LogP contribution in [0.1, 0.15) is 35.8 Å². The van der Waals surface area contributed by atoms with E-state index in [2.05, 4.69) is 4.90 Å². The third-order valence-electron chi connectivity index (χ3n) is 3.78. The lowest BCUT2D eigenvalue weighted by atomic mass is 10.1. The first-order valence-electron chi connectivity index (χ1n) is 6.66. The molecule has 5 heteroatoms. The number of hydrogen-bond donors (Lipinski definition) is 1. The van der Waals surface area contributed by atoms with Crippen LogP contribution < -0.4 is 4.90 Å². The fourth-order valence-electron chi connectivity index (χ4n) is 2.65. The molecule has 3 rings (SSSR count). The first-order valence-corrected chi connectivity index (χ1v) is 7.47. The number of aromatic nitrogens is 1. The van der Waals surface area contributed by atoms with Gasteiger partial charge in [-0.05, 0) is 19.3 Å². The number of rotatable bonds is 5. The van der Waals surface area contributed by atoms with E-state index in [1.165, 1.54) is 19.3 Å². The second-order valence-corrected chi connectivity index (χ2v) is 6.36. The predicted molar refractivity (Wildman–Crippen MR) is 72.2 cm³/mol. The maximum Gasteiger partial charge on any atom is 0.185 e. The molecule has 2 aliphatic rings. The monoisotopic (exact) mass is 268 g/mol. The number of thiazole rings is 1. The molecule has 18 heavy (non-hydrogen) atoms. The number of anilines is 1. The van der Waals surface area contributed by atoms with Gasteiger partial charge < -0.3 is 14.7 Å². The standard InChI is InChI=1S/C13H20N2O2S/c1-17-8-9-4-5-15(6-9)13-14-12(10-2-3-10)11(7-16)18-13/h9-10,16H,2-8H2,1H3. The maximum absolute atomic E-state index is 9.42. The molecule has 1 atom stereocenters. The van der Waals surface area contributed by atoms with Gasteiger partial charge in [-0.2, -0.15) is 0 Å². The van der Waals surface area contributed by atoms with Crippen LogP contribution in [-0.4, -0.2) is 36.9 Å². The largest absolute Gasteiger partial charge is 0.391 e. The summed E-state index contributed by atoms with van der Waals surface area (Å²) in [5, 5.41) is 10.5. The lowest BCUT2D eigenvalue weighted by Gasteiger charge is -2.14. The van der Waals surface area contributed by atoms with Crippen molar-refractivity contribution in [1.82, 2.24) is 4.98 Å². The van der Waals surface area contributed by atoms with Crippen LogP contribution in [0.2, 0.25) is 0 Å². The highest BCUT2D eigenvalue weighted by Crippen LogP contribution is 2.44. The van der Waals surface area contributed by atoms with E-state index in [-0.39, 0.29) is 6.61 Å². The third-order valence-corrected chi connectivity index (χ3v) is 4.90. The Morgan fingerprint density at radius 3 is 2.94 bits per heavy atom. The molecule has 1 N–H and O–H groups in total. The number of aliphatic hydroxyl groups excluding tert-OH is 1. The Morgan fingerprint density at radius 1 is 1.44 bits per heavy atom. The first-order chi connectivity index (χ1) is 8.81. The fraction of sp³-hybridized carbons (Fsp3) is 0.769. The van der Waals surface area contributed by atoms with Crippen molar-refractivity contribution in [2.24, 2.45) is 5.92 Å². The molecule has 0 spiro atoms. The van der Waals surface area contributed by atoms with Gasteiger partial charge in [-0.1, -0.05) is 11.3 Å². The lowest BCUT2D eigenvalue weighted by Crippen LogP contribution is -2.20. The summed E-state index contributed by atoms with van der Waals surface area (Å²) in [5.41, 5.74) is 1.16. The highest BCUT2D eigenvalue weighted by atomic mass is 32.1. The molecular weight excluding hydrogens is 248 g/mol. The van der Waals surface area contributed by atoms with Crippen LogP contribution in [0.15, 0.2) is 0 Å². The Bertz CT molecular complexity index is 417. The first kappa shape index (κ1) is 12.4.